The summed E-state index contributed by atoms with van der Waals surface area (Å²) in [5, 5.41) is 4.26. The molecule has 1 aliphatic rings. The van der Waals surface area contributed by atoms with Gasteiger partial charge < -0.3 is 10.2 Å². The van der Waals surface area contributed by atoms with Gasteiger partial charge in [0.1, 0.15) is 0 Å². The molecule has 0 radical (unpaired) electrons. The smallest absolute Gasteiger partial charge is 0.193 e. The Morgan fingerprint density at radius 2 is 2.35 bits per heavy atom. The number of halogens is 1. The van der Waals surface area contributed by atoms with Gasteiger partial charge in [-0.2, -0.15) is 0 Å². The molecule has 0 bridgehead atoms. The SMILES string of the molecule is CN=C(NCCc1cccc(Cl)c1)N1CCCC(C)C1. The quantitative estimate of drug-likeness (QED) is 0.685. The van der Waals surface area contributed by atoms with Gasteiger partial charge in [0.15, 0.2) is 5.96 Å². The zero-order valence-corrected chi connectivity index (χ0v) is 13.2. The highest BCUT2D eigenvalue weighted by Crippen LogP contribution is 2.15. The number of guanidine groups is 1. The molecule has 1 aliphatic heterocycles. The summed E-state index contributed by atoms with van der Waals surface area (Å²) in [6.07, 6.45) is 3.55. The highest BCUT2D eigenvalue weighted by Gasteiger charge is 2.18. The molecule has 1 N–H and O–H groups in total. The molecule has 1 saturated heterocycles. The Balaban J connectivity index is 1.82. The summed E-state index contributed by atoms with van der Waals surface area (Å²) in [5.74, 6) is 1.79. The predicted octanol–water partition coefficient (Wildman–Crippen LogP) is 3.19. The third-order valence-electron chi connectivity index (χ3n) is 3.75. The number of rotatable bonds is 3. The van der Waals surface area contributed by atoms with Gasteiger partial charge in [-0.1, -0.05) is 30.7 Å². The van der Waals surface area contributed by atoms with Crippen LogP contribution in [0.1, 0.15) is 25.3 Å². The third-order valence-corrected chi connectivity index (χ3v) is 3.99. The molecule has 1 aromatic carbocycles. The second-order valence-corrected chi connectivity index (χ2v) is 5.98. The molecule has 20 heavy (non-hydrogen) atoms. The van der Waals surface area contributed by atoms with Crippen LogP contribution >= 0.6 is 11.6 Å². The maximum absolute atomic E-state index is 6.00. The second kappa shape index (κ2) is 7.53. The lowest BCUT2D eigenvalue weighted by Gasteiger charge is -2.33. The molecule has 0 aromatic heterocycles. The van der Waals surface area contributed by atoms with Crippen LogP contribution in [-0.4, -0.2) is 37.5 Å². The Labute approximate surface area is 127 Å². The van der Waals surface area contributed by atoms with Crippen molar-refractivity contribution in [2.45, 2.75) is 26.2 Å². The van der Waals surface area contributed by atoms with Gasteiger partial charge in [0.2, 0.25) is 0 Å². The molecule has 1 heterocycles. The van der Waals surface area contributed by atoms with Crippen molar-refractivity contribution in [2.24, 2.45) is 10.9 Å². The first-order valence-electron chi connectivity index (χ1n) is 7.39. The fourth-order valence-corrected chi connectivity index (χ4v) is 2.94. The number of aliphatic imine (C=N–C) groups is 1. The lowest BCUT2D eigenvalue weighted by atomic mass is 10.0. The van der Waals surface area contributed by atoms with E-state index < -0.39 is 0 Å². The molecule has 0 amide bonds. The maximum Gasteiger partial charge on any atom is 0.193 e. The van der Waals surface area contributed by atoms with Crippen molar-refractivity contribution in [3.8, 4) is 0 Å². The van der Waals surface area contributed by atoms with Crippen LogP contribution in [0.5, 0.6) is 0 Å². The first kappa shape index (κ1) is 15.2. The Hall–Kier alpha value is -1.22. The van der Waals surface area contributed by atoms with Gasteiger partial charge >= 0.3 is 0 Å². The van der Waals surface area contributed by atoms with E-state index in [1.807, 2.05) is 25.2 Å². The van der Waals surface area contributed by atoms with Crippen molar-refractivity contribution >= 4 is 17.6 Å². The van der Waals surface area contributed by atoms with E-state index >= 15 is 0 Å². The van der Waals surface area contributed by atoms with E-state index in [1.165, 1.54) is 18.4 Å². The molecule has 2 rings (SSSR count). The number of benzene rings is 1. The van der Waals surface area contributed by atoms with Crippen molar-refractivity contribution < 1.29 is 0 Å². The van der Waals surface area contributed by atoms with Crippen molar-refractivity contribution in [1.82, 2.24) is 10.2 Å². The van der Waals surface area contributed by atoms with Crippen LogP contribution in [0.2, 0.25) is 5.02 Å². The summed E-state index contributed by atoms with van der Waals surface area (Å²) in [5.41, 5.74) is 1.26. The lowest BCUT2D eigenvalue weighted by Crippen LogP contribution is -2.46. The molecule has 1 atom stereocenters. The fourth-order valence-electron chi connectivity index (χ4n) is 2.73. The highest BCUT2D eigenvalue weighted by atomic mass is 35.5. The average molecular weight is 294 g/mol. The molecule has 1 unspecified atom stereocenters. The second-order valence-electron chi connectivity index (χ2n) is 5.55. The number of hydrogen-bond donors (Lipinski definition) is 1. The van der Waals surface area contributed by atoms with Crippen LogP contribution in [0, 0.1) is 5.92 Å². The minimum Gasteiger partial charge on any atom is -0.356 e. The van der Waals surface area contributed by atoms with Crippen molar-refractivity contribution in [3.63, 3.8) is 0 Å². The predicted molar refractivity (Wildman–Crippen MR) is 86.5 cm³/mol. The van der Waals surface area contributed by atoms with Crippen molar-refractivity contribution in [1.29, 1.82) is 0 Å². The molecule has 0 saturated carbocycles. The molecular weight excluding hydrogens is 270 g/mol. The summed E-state index contributed by atoms with van der Waals surface area (Å²) in [4.78, 5) is 6.77. The molecular formula is C16H24ClN3. The van der Waals surface area contributed by atoms with Gasteiger partial charge in [0.25, 0.3) is 0 Å². The largest absolute Gasteiger partial charge is 0.356 e. The molecule has 110 valence electrons. The highest BCUT2D eigenvalue weighted by molar-refractivity contribution is 6.30. The molecule has 3 nitrogen and oxygen atoms in total. The zero-order valence-electron chi connectivity index (χ0n) is 12.4. The van der Waals surface area contributed by atoms with E-state index in [2.05, 4.69) is 28.2 Å². The van der Waals surface area contributed by atoms with Gasteiger partial charge in [-0.3, -0.25) is 4.99 Å². The number of piperidine rings is 1. The number of nitrogens with one attached hydrogen (secondary N) is 1. The van der Waals surface area contributed by atoms with Gasteiger partial charge in [0, 0.05) is 31.7 Å². The summed E-state index contributed by atoms with van der Waals surface area (Å²) < 4.78 is 0. The van der Waals surface area contributed by atoms with Gasteiger partial charge in [-0.25, -0.2) is 0 Å². The fraction of sp³-hybridized carbons (Fsp3) is 0.562. The average Bonchev–Trinajstić information content (AvgIpc) is 2.44. The Morgan fingerprint density at radius 1 is 1.50 bits per heavy atom. The van der Waals surface area contributed by atoms with Gasteiger partial charge in [0.05, 0.1) is 0 Å². The summed E-state index contributed by atoms with van der Waals surface area (Å²) in [6, 6.07) is 8.04. The minimum atomic E-state index is 0.759. The van der Waals surface area contributed by atoms with E-state index in [0.29, 0.717) is 0 Å². The topological polar surface area (TPSA) is 27.6 Å². The van der Waals surface area contributed by atoms with Crippen LogP contribution < -0.4 is 5.32 Å². The van der Waals surface area contributed by atoms with Gasteiger partial charge in [-0.15, -0.1) is 0 Å². The first-order chi connectivity index (χ1) is 9.69. The lowest BCUT2D eigenvalue weighted by molar-refractivity contribution is 0.266. The van der Waals surface area contributed by atoms with Crippen LogP contribution in [-0.2, 0) is 6.42 Å². The normalized spacial score (nSPS) is 20.1. The van der Waals surface area contributed by atoms with Crippen LogP contribution in [0.3, 0.4) is 0 Å². The van der Waals surface area contributed by atoms with E-state index in [0.717, 1.165) is 43.0 Å². The monoisotopic (exact) mass is 293 g/mol. The van der Waals surface area contributed by atoms with Crippen molar-refractivity contribution in [2.75, 3.05) is 26.7 Å². The minimum absolute atomic E-state index is 0.759. The third kappa shape index (κ3) is 4.41. The van der Waals surface area contributed by atoms with E-state index in [-0.39, 0.29) is 0 Å². The Morgan fingerprint density at radius 3 is 3.05 bits per heavy atom. The van der Waals surface area contributed by atoms with E-state index in [4.69, 9.17) is 11.6 Å². The van der Waals surface area contributed by atoms with Crippen LogP contribution in [0.25, 0.3) is 0 Å². The summed E-state index contributed by atoms with van der Waals surface area (Å²) >= 11 is 6.00. The Bertz CT molecular complexity index is 459. The molecule has 0 aliphatic carbocycles. The first-order valence-corrected chi connectivity index (χ1v) is 7.77. The van der Waals surface area contributed by atoms with E-state index in [9.17, 15) is 0 Å². The van der Waals surface area contributed by atoms with Crippen molar-refractivity contribution in [3.05, 3.63) is 34.9 Å². The zero-order chi connectivity index (χ0) is 14.4. The standard InChI is InChI=1S/C16H24ClN3/c1-13-5-4-10-20(12-13)16(18-2)19-9-8-14-6-3-7-15(17)11-14/h3,6-7,11,13H,4-5,8-10,12H2,1-2H3,(H,18,19). The number of likely N-dealkylation sites (tertiary alicyclic amines) is 1. The van der Waals surface area contributed by atoms with Gasteiger partial charge in [-0.05, 0) is 42.9 Å². The molecule has 1 fully saturated rings. The molecule has 4 heteroatoms. The maximum atomic E-state index is 6.00. The summed E-state index contributed by atoms with van der Waals surface area (Å²) in [7, 11) is 1.86. The van der Waals surface area contributed by atoms with Crippen LogP contribution in [0.15, 0.2) is 29.3 Å². The van der Waals surface area contributed by atoms with E-state index in [1.54, 1.807) is 0 Å². The Kier molecular flexibility index (Phi) is 5.72. The molecule has 0 spiro atoms. The number of nitrogens with zero attached hydrogens (tertiary/aromatic N) is 2. The molecule has 1 aromatic rings. The number of hydrogen-bond acceptors (Lipinski definition) is 1. The van der Waals surface area contributed by atoms with Crippen LogP contribution in [0.4, 0.5) is 0 Å². The summed E-state index contributed by atoms with van der Waals surface area (Å²) in [6.45, 7) is 5.42.